The van der Waals surface area contributed by atoms with Gasteiger partial charge in [-0.3, -0.25) is 4.79 Å². The summed E-state index contributed by atoms with van der Waals surface area (Å²) in [5.41, 5.74) is 0.906. The van der Waals surface area contributed by atoms with E-state index in [-0.39, 0.29) is 17.3 Å². The maximum Gasteiger partial charge on any atom is 0.344 e. The van der Waals surface area contributed by atoms with Crippen LogP contribution in [0.5, 0.6) is 5.75 Å². The highest BCUT2D eigenvalue weighted by atomic mass is 35.5. The minimum absolute atomic E-state index is 0.0837. The van der Waals surface area contributed by atoms with Gasteiger partial charge in [0.25, 0.3) is 5.91 Å². The number of benzene rings is 2. The first-order chi connectivity index (χ1) is 11.4. The summed E-state index contributed by atoms with van der Waals surface area (Å²) in [6, 6.07) is 10.9. The molecule has 0 aliphatic carbocycles. The smallest absolute Gasteiger partial charge is 0.344 e. The van der Waals surface area contributed by atoms with Crippen molar-refractivity contribution >= 4 is 29.2 Å². The predicted molar refractivity (Wildman–Crippen MR) is 87.7 cm³/mol. The first-order valence-corrected chi connectivity index (χ1v) is 7.42. The van der Waals surface area contributed by atoms with Crippen molar-refractivity contribution in [3.8, 4) is 5.75 Å². The summed E-state index contributed by atoms with van der Waals surface area (Å²) in [5.74, 6) is -1.50. The average Bonchev–Trinajstić information content (AvgIpc) is 2.54. The van der Waals surface area contributed by atoms with Crippen molar-refractivity contribution in [3.05, 3.63) is 58.9 Å². The van der Waals surface area contributed by atoms with Gasteiger partial charge in [0.2, 0.25) is 0 Å². The Balaban J connectivity index is 1.77. The van der Waals surface area contributed by atoms with Crippen molar-refractivity contribution in [2.45, 2.75) is 6.92 Å². The first kappa shape index (κ1) is 17.7. The van der Waals surface area contributed by atoms with Crippen LogP contribution in [0.2, 0.25) is 5.02 Å². The zero-order chi connectivity index (χ0) is 17.5. The Morgan fingerprint density at radius 1 is 1.17 bits per heavy atom. The van der Waals surface area contributed by atoms with E-state index in [1.54, 1.807) is 18.2 Å². The minimum atomic E-state index is -0.710. The number of ether oxygens (including phenoxy) is 2. The van der Waals surface area contributed by atoms with Gasteiger partial charge in [-0.2, -0.15) is 0 Å². The Labute approximate surface area is 143 Å². The van der Waals surface area contributed by atoms with Crippen LogP contribution in [0.1, 0.15) is 5.56 Å². The summed E-state index contributed by atoms with van der Waals surface area (Å²) in [6.07, 6.45) is 0. The van der Waals surface area contributed by atoms with Crippen LogP contribution in [0.3, 0.4) is 0 Å². The lowest BCUT2D eigenvalue weighted by atomic mass is 10.2. The molecule has 0 heterocycles. The molecule has 0 radical (unpaired) electrons. The Morgan fingerprint density at radius 2 is 1.96 bits per heavy atom. The van der Waals surface area contributed by atoms with E-state index in [0.29, 0.717) is 5.75 Å². The van der Waals surface area contributed by atoms with Gasteiger partial charge in [-0.05, 0) is 42.8 Å². The van der Waals surface area contributed by atoms with E-state index in [4.69, 9.17) is 21.1 Å². The predicted octanol–water partition coefficient (Wildman–Crippen LogP) is 3.35. The summed E-state index contributed by atoms with van der Waals surface area (Å²) >= 11 is 5.72. The van der Waals surface area contributed by atoms with Crippen LogP contribution in [0, 0.1) is 12.7 Å². The third kappa shape index (κ3) is 5.55. The van der Waals surface area contributed by atoms with Gasteiger partial charge in [-0.25, -0.2) is 9.18 Å². The van der Waals surface area contributed by atoms with Crippen LogP contribution < -0.4 is 10.1 Å². The highest BCUT2D eigenvalue weighted by Crippen LogP contribution is 2.19. The van der Waals surface area contributed by atoms with Crippen LogP contribution >= 0.6 is 11.6 Å². The molecule has 0 unspecified atom stereocenters. The number of esters is 1. The maximum atomic E-state index is 13.5. The minimum Gasteiger partial charge on any atom is -0.482 e. The second kappa shape index (κ2) is 8.31. The lowest BCUT2D eigenvalue weighted by molar-refractivity contribution is -0.149. The zero-order valence-corrected chi connectivity index (χ0v) is 13.6. The van der Waals surface area contributed by atoms with E-state index in [1.165, 1.54) is 12.1 Å². The van der Waals surface area contributed by atoms with Gasteiger partial charge >= 0.3 is 5.97 Å². The van der Waals surface area contributed by atoms with Crippen molar-refractivity contribution in [3.63, 3.8) is 0 Å². The van der Waals surface area contributed by atoms with Crippen molar-refractivity contribution in [1.82, 2.24) is 0 Å². The van der Waals surface area contributed by atoms with Crippen LogP contribution in [0.15, 0.2) is 42.5 Å². The summed E-state index contributed by atoms with van der Waals surface area (Å²) in [6.45, 7) is 1.01. The van der Waals surface area contributed by atoms with Crippen LogP contribution in [-0.4, -0.2) is 25.1 Å². The van der Waals surface area contributed by atoms with Gasteiger partial charge < -0.3 is 14.8 Å². The third-order valence-electron chi connectivity index (χ3n) is 2.91. The summed E-state index contributed by atoms with van der Waals surface area (Å²) in [4.78, 5) is 23.2. The number of hydrogen-bond acceptors (Lipinski definition) is 4. The highest BCUT2D eigenvalue weighted by Gasteiger charge is 2.11. The Kier molecular flexibility index (Phi) is 6.14. The molecule has 2 aromatic carbocycles. The van der Waals surface area contributed by atoms with Crippen molar-refractivity contribution < 1.29 is 23.5 Å². The molecular weight excluding hydrogens is 337 g/mol. The molecule has 0 aliphatic rings. The standard InChI is InChI=1S/C17H15ClFNO4/c1-11-3-2-4-13(7-11)23-10-17(22)24-9-16(21)20-15-8-12(18)5-6-14(15)19/h2-8H,9-10H2,1H3,(H,20,21). The van der Waals surface area contributed by atoms with Gasteiger partial charge in [0.05, 0.1) is 5.69 Å². The molecule has 0 bridgehead atoms. The molecule has 1 N–H and O–H groups in total. The first-order valence-electron chi connectivity index (χ1n) is 7.04. The molecule has 2 aromatic rings. The molecule has 0 spiro atoms. The average molecular weight is 352 g/mol. The molecule has 5 nitrogen and oxygen atoms in total. The molecule has 0 aliphatic heterocycles. The Morgan fingerprint density at radius 3 is 2.71 bits per heavy atom. The van der Waals surface area contributed by atoms with Crippen LogP contribution in [0.4, 0.5) is 10.1 Å². The molecule has 0 aromatic heterocycles. The number of carbonyl (C=O) groups is 2. The van der Waals surface area contributed by atoms with E-state index in [1.807, 2.05) is 13.0 Å². The largest absolute Gasteiger partial charge is 0.482 e. The molecule has 1 amide bonds. The van der Waals surface area contributed by atoms with E-state index in [0.717, 1.165) is 11.6 Å². The highest BCUT2D eigenvalue weighted by molar-refractivity contribution is 6.30. The number of carbonyl (C=O) groups excluding carboxylic acids is 2. The van der Waals surface area contributed by atoms with E-state index < -0.39 is 24.3 Å². The van der Waals surface area contributed by atoms with Crippen molar-refractivity contribution in [1.29, 1.82) is 0 Å². The second-order valence-corrected chi connectivity index (χ2v) is 5.37. The Bertz CT molecular complexity index is 751. The normalized spacial score (nSPS) is 10.1. The maximum absolute atomic E-state index is 13.5. The lowest BCUT2D eigenvalue weighted by Crippen LogP contribution is -2.24. The third-order valence-corrected chi connectivity index (χ3v) is 3.15. The SMILES string of the molecule is Cc1cccc(OCC(=O)OCC(=O)Nc2cc(Cl)ccc2F)c1. The number of rotatable bonds is 6. The molecule has 0 atom stereocenters. The van der Waals surface area contributed by atoms with Crippen molar-refractivity contribution in [2.75, 3.05) is 18.5 Å². The van der Waals surface area contributed by atoms with Gasteiger partial charge in [0.1, 0.15) is 11.6 Å². The van der Waals surface area contributed by atoms with Gasteiger partial charge in [-0.15, -0.1) is 0 Å². The fourth-order valence-corrected chi connectivity index (χ4v) is 1.99. The number of anilines is 1. The molecule has 24 heavy (non-hydrogen) atoms. The number of aryl methyl sites for hydroxylation is 1. The van der Waals surface area contributed by atoms with Gasteiger partial charge in [-0.1, -0.05) is 23.7 Å². The molecule has 126 valence electrons. The molecule has 7 heteroatoms. The van der Waals surface area contributed by atoms with E-state index >= 15 is 0 Å². The number of halogens is 2. The van der Waals surface area contributed by atoms with Gasteiger partial charge in [0, 0.05) is 5.02 Å². The number of hydrogen-bond donors (Lipinski definition) is 1. The van der Waals surface area contributed by atoms with E-state index in [2.05, 4.69) is 5.32 Å². The van der Waals surface area contributed by atoms with Crippen LogP contribution in [0.25, 0.3) is 0 Å². The monoisotopic (exact) mass is 351 g/mol. The molecule has 0 saturated heterocycles. The zero-order valence-electron chi connectivity index (χ0n) is 12.8. The van der Waals surface area contributed by atoms with E-state index in [9.17, 15) is 14.0 Å². The fraction of sp³-hybridized carbons (Fsp3) is 0.176. The fourth-order valence-electron chi connectivity index (χ4n) is 1.81. The number of amides is 1. The van der Waals surface area contributed by atoms with Crippen molar-refractivity contribution in [2.24, 2.45) is 0 Å². The molecule has 0 fully saturated rings. The molecule has 0 saturated carbocycles. The number of nitrogens with one attached hydrogen (secondary N) is 1. The van der Waals surface area contributed by atoms with Gasteiger partial charge in [0.15, 0.2) is 13.2 Å². The second-order valence-electron chi connectivity index (χ2n) is 4.94. The quantitative estimate of drug-likeness (QED) is 0.811. The summed E-state index contributed by atoms with van der Waals surface area (Å²) < 4.78 is 23.5. The van der Waals surface area contributed by atoms with Crippen LogP contribution in [-0.2, 0) is 14.3 Å². The molecular formula is C17H15ClFNO4. The summed E-state index contributed by atoms with van der Waals surface area (Å²) in [7, 11) is 0. The topological polar surface area (TPSA) is 64.6 Å². The lowest BCUT2D eigenvalue weighted by Gasteiger charge is -2.09. The summed E-state index contributed by atoms with van der Waals surface area (Å²) in [5, 5.41) is 2.54. The molecule has 2 rings (SSSR count). The Hall–Kier alpha value is -2.60.